The lowest BCUT2D eigenvalue weighted by Gasteiger charge is -2.24. The second kappa shape index (κ2) is 6.72. The molecule has 1 saturated heterocycles. The third-order valence-corrected chi connectivity index (χ3v) is 4.61. The first kappa shape index (κ1) is 15.5. The number of hydrogen-bond acceptors (Lipinski definition) is 3. The van der Waals surface area contributed by atoms with E-state index in [0.29, 0.717) is 11.8 Å². The van der Waals surface area contributed by atoms with Gasteiger partial charge in [0.05, 0.1) is 6.04 Å². The second-order valence-corrected chi connectivity index (χ2v) is 7.20. The van der Waals surface area contributed by atoms with E-state index in [1.165, 1.54) is 12.0 Å². The Kier molecular flexibility index (Phi) is 5.22. The van der Waals surface area contributed by atoms with Crippen molar-refractivity contribution < 1.29 is 4.79 Å². The number of nitrogens with zero attached hydrogens (tertiary/aromatic N) is 1. The van der Waals surface area contributed by atoms with Gasteiger partial charge in [-0.3, -0.25) is 10.1 Å². The zero-order chi connectivity index (χ0) is 14.7. The molecule has 20 heavy (non-hydrogen) atoms. The summed E-state index contributed by atoms with van der Waals surface area (Å²) >= 11 is 1.69. The van der Waals surface area contributed by atoms with Crippen LogP contribution in [0.2, 0.25) is 0 Å². The summed E-state index contributed by atoms with van der Waals surface area (Å²) in [6.07, 6.45) is 2.32. The van der Waals surface area contributed by atoms with E-state index >= 15 is 0 Å². The Morgan fingerprint density at radius 1 is 1.35 bits per heavy atom. The van der Waals surface area contributed by atoms with E-state index in [9.17, 15) is 4.79 Å². The summed E-state index contributed by atoms with van der Waals surface area (Å²) in [4.78, 5) is 14.6. The maximum Gasteiger partial charge on any atom is 0.241 e. The second-order valence-electron chi connectivity index (χ2n) is 6.42. The van der Waals surface area contributed by atoms with Gasteiger partial charge in [0.25, 0.3) is 0 Å². The first-order valence-electron chi connectivity index (χ1n) is 7.59. The lowest BCUT2D eigenvalue weighted by molar-refractivity contribution is -0.130. The van der Waals surface area contributed by atoms with Gasteiger partial charge in [0, 0.05) is 6.54 Å². The summed E-state index contributed by atoms with van der Waals surface area (Å²) in [5, 5.41) is 7.74. The number of carbonyl (C=O) groups is 1. The number of hydrogen-bond donors (Lipinski definition) is 1. The Bertz CT molecular complexity index is 428. The fourth-order valence-electron chi connectivity index (χ4n) is 2.73. The molecule has 1 fully saturated rings. The topological polar surface area (TPSA) is 32.3 Å². The molecule has 0 saturated carbocycles. The minimum atomic E-state index is -0.0426. The number of nitrogens with one attached hydrogen (secondary N) is 1. The molecule has 0 radical (unpaired) electrons. The molecule has 1 amide bonds. The van der Waals surface area contributed by atoms with Crippen LogP contribution in [0.4, 0.5) is 0 Å². The molecule has 2 atom stereocenters. The van der Waals surface area contributed by atoms with E-state index in [2.05, 4.69) is 49.8 Å². The van der Waals surface area contributed by atoms with Crippen molar-refractivity contribution in [2.45, 2.75) is 52.7 Å². The van der Waals surface area contributed by atoms with Gasteiger partial charge in [-0.2, -0.15) is 11.3 Å². The van der Waals surface area contributed by atoms with Crippen molar-refractivity contribution in [2.24, 2.45) is 11.8 Å². The smallest absolute Gasteiger partial charge is 0.241 e. The molecular weight excluding hydrogens is 268 g/mol. The molecule has 1 N–H and O–H groups in total. The van der Waals surface area contributed by atoms with Crippen molar-refractivity contribution in [1.82, 2.24) is 10.2 Å². The minimum absolute atomic E-state index is 0.0426. The highest BCUT2D eigenvalue weighted by atomic mass is 32.1. The quantitative estimate of drug-likeness (QED) is 0.869. The SMILES string of the molecule is CC(C)CCCN1C(=O)C(C(C)C)NC1c1ccsc1. The van der Waals surface area contributed by atoms with Gasteiger partial charge in [0.15, 0.2) is 0 Å². The lowest BCUT2D eigenvalue weighted by Crippen LogP contribution is -2.35. The van der Waals surface area contributed by atoms with E-state index in [1.54, 1.807) is 11.3 Å². The summed E-state index contributed by atoms with van der Waals surface area (Å²) in [5.74, 6) is 1.29. The van der Waals surface area contributed by atoms with E-state index in [0.717, 1.165) is 13.0 Å². The number of amides is 1. The van der Waals surface area contributed by atoms with E-state index in [1.807, 2.05) is 4.90 Å². The maximum atomic E-state index is 12.6. The Labute approximate surface area is 126 Å². The third-order valence-electron chi connectivity index (χ3n) is 3.90. The van der Waals surface area contributed by atoms with E-state index in [-0.39, 0.29) is 18.1 Å². The fourth-order valence-corrected chi connectivity index (χ4v) is 3.41. The Morgan fingerprint density at radius 2 is 2.10 bits per heavy atom. The maximum absolute atomic E-state index is 12.6. The highest BCUT2D eigenvalue weighted by molar-refractivity contribution is 7.07. The Balaban J connectivity index is 2.09. The predicted octanol–water partition coefficient (Wildman–Crippen LogP) is 3.64. The average molecular weight is 294 g/mol. The molecule has 2 rings (SSSR count). The van der Waals surface area contributed by atoms with Gasteiger partial charge < -0.3 is 4.90 Å². The molecule has 0 spiro atoms. The van der Waals surface area contributed by atoms with Crippen LogP contribution in [-0.4, -0.2) is 23.4 Å². The lowest BCUT2D eigenvalue weighted by atomic mass is 10.0. The summed E-state index contributed by atoms with van der Waals surface area (Å²) in [7, 11) is 0. The fraction of sp³-hybridized carbons (Fsp3) is 0.688. The van der Waals surface area contributed by atoms with Gasteiger partial charge in [0.1, 0.15) is 6.17 Å². The first-order valence-corrected chi connectivity index (χ1v) is 8.53. The van der Waals surface area contributed by atoms with Gasteiger partial charge in [0.2, 0.25) is 5.91 Å². The monoisotopic (exact) mass is 294 g/mol. The van der Waals surface area contributed by atoms with Crippen LogP contribution in [0.3, 0.4) is 0 Å². The molecule has 1 aromatic heterocycles. The van der Waals surface area contributed by atoms with Crippen LogP contribution < -0.4 is 5.32 Å². The van der Waals surface area contributed by atoms with Gasteiger partial charge in [-0.05, 0) is 47.1 Å². The zero-order valence-electron chi connectivity index (χ0n) is 12.9. The molecule has 2 heterocycles. The first-order chi connectivity index (χ1) is 9.50. The molecule has 112 valence electrons. The number of thiophene rings is 1. The molecular formula is C16H26N2OS. The van der Waals surface area contributed by atoms with Crippen LogP contribution in [-0.2, 0) is 4.79 Å². The Hall–Kier alpha value is -0.870. The van der Waals surface area contributed by atoms with Crippen LogP contribution in [0.5, 0.6) is 0 Å². The Morgan fingerprint density at radius 3 is 2.65 bits per heavy atom. The van der Waals surface area contributed by atoms with Crippen LogP contribution in [0.25, 0.3) is 0 Å². The van der Waals surface area contributed by atoms with Crippen molar-refractivity contribution >= 4 is 17.2 Å². The molecule has 1 aliphatic heterocycles. The van der Waals surface area contributed by atoms with E-state index in [4.69, 9.17) is 0 Å². The summed E-state index contributed by atoms with van der Waals surface area (Å²) < 4.78 is 0. The molecule has 1 aromatic rings. The minimum Gasteiger partial charge on any atom is -0.322 e. The third kappa shape index (κ3) is 3.41. The van der Waals surface area contributed by atoms with E-state index < -0.39 is 0 Å². The van der Waals surface area contributed by atoms with Gasteiger partial charge in [-0.25, -0.2) is 0 Å². The highest BCUT2D eigenvalue weighted by Gasteiger charge is 2.40. The standard InChI is InChI=1S/C16H26N2OS/c1-11(2)6-5-8-18-15(13-7-9-20-10-13)17-14(12(3)4)16(18)19/h7,9-12,14-15,17H,5-6,8H2,1-4H3. The molecule has 1 aliphatic rings. The number of rotatable bonds is 6. The highest BCUT2D eigenvalue weighted by Crippen LogP contribution is 2.29. The van der Waals surface area contributed by atoms with Gasteiger partial charge in [-0.15, -0.1) is 0 Å². The predicted molar refractivity (Wildman–Crippen MR) is 84.6 cm³/mol. The van der Waals surface area contributed by atoms with Gasteiger partial charge in [-0.1, -0.05) is 27.7 Å². The van der Waals surface area contributed by atoms with Crippen molar-refractivity contribution in [3.8, 4) is 0 Å². The van der Waals surface area contributed by atoms with Crippen LogP contribution in [0.1, 0.15) is 52.3 Å². The molecule has 0 aromatic carbocycles. The normalized spacial score (nSPS) is 23.3. The molecule has 3 nitrogen and oxygen atoms in total. The summed E-state index contributed by atoms with van der Waals surface area (Å²) in [5.41, 5.74) is 1.22. The molecule has 0 bridgehead atoms. The van der Waals surface area contributed by atoms with Crippen LogP contribution in [0, 0.1) is 11.8 Å². The zero-order valence-corrected chi connectivity index (χ0v) is 13.7. The number of carbonyl (C=O) groups excluding carboxylic acids is 1. The van der Waals surface area contributed by atoms with Crippen molar-refractivity contribution in [1.29, 1.82) is 0 Å². The van der Waals surface area contributed by atoms with Crippen LogP contribution in [0.15, 0.2) is 16.8 Å². The molecule has 2 unspecified atom stereocenters. The average Bonchev–Trinajstić information content (AvgIpc) is 2.97. The van der Waals surface area contributed by atoms with Crippen molar-refractivity contribution in [3.63, 3.8) is 0 Å². The largest absolute Gasteiger partial charge is 0.322 e. The van der Waals surface area contributed by atoms with Gasteiger partial charge >= 0.3 is 0 Å². The summed E-state index contributed by atoms with van der Waals surface area (Å²) in [6.45, 7) is 9.54. The van der Waals surface area contributed by atoms with Crippen LogP contribution >= 0.6 is 11.3 Å². The van der Waals surface area contributed by atoms with Crippen molar-refractivity contribution in [3.05, 3.63) is 22.4 Å². The van der Waals surface area contributed by atoms with Crippen molar-refractivity contribution in [2.75, 3.05) is 6.54 Å². The summed E-state index contributed by atoms with van der Waals surface area (Å²) in [6, 6.07) is 2.08. The molecule has 4 heteroatoms. The molecule has 0 aliphatic carbocycles.